The van der Waals surface area contributed by atoms with Crippen molar-refractivity contribution in [1.82, 2.24) is 20.0 Å². The summed E-state index contributed by atoms with van der Waals surface area (Å²) in [5.74, 6) is 0.699. The van der Waals surface area contributed by atoms with Gasteiger partial charge in [-0.05, 0) is 58.6 Å². The molecule has 1 N–H and O–H groups in total. The van der Waals surface area contributed by atoms with Crippen LogP contribution in [0.15, 0.2) is 36.5 Å². The Labute approximate surface area is 177 Å². The quantitative estimate of drug-likeness (QED) is 0.839. The first-order valence-electron chi connectivity index (χ1n) is 10.6. The number of carbonyl (C=O) groups is 2. The number of likely N-dealkylation sites (tertiary alicyclic amines) is 1. The third-order valence-electron chi connectivity index (χ3n) is 6.09. The molecular weight excluding hydrogens is 380 g/mol. The van der Waals surface area contributed by atoms with Crippen molar-refractivity contribution in [2.45, 2.75) is 52.2 Å². The van der Waals surface area contributed by atoms with Gasteiger partial charge in [-0.2, -0.15) is 5.10 Å². The van der Waals surface area contributed by atoms with Crippen LogP contribution in [-0.4, -0.2) is 51.4 Å². The molecule has 0 spiro atoms. The fourth-order valence-corrected chi connectivity index (χ4v) is 4.69. The number of rotatable bonds is 3. The summed E-state index contributed by atoms with van der Waals surface area (Å²) in [5.41, 5.74) is 1.90. The van der Waals surface area contributed by atoms with Crippen LogP contribution in [0.4, 0.5) is 4.79 Å². The lowest BCUT2D eigenvalue weighted by Crippen LogP contribution is -2.42. The average Bonchev–Trinajstić information content (AvgIpc) is 3.36. The summed E-state index contributed by atoms with van der Waals surface area (Å²) in [6.45, 7) is 8.89. The van der Waals surface area contributed by atoms with Crippen molar-refractivity contribution < 1.29 is 14.3 Å². The summed E-state index contributed by atoms with van der Waals surface area (Å²) in [7, 11) is 0. The Kier molecular flexibility index (Phi) is 5.30. The van der Waals surface area contributed by atoms with Crippen molar-refractivity contribution in [3.05, 3.63) is 47.8 Å². The number of carbonyl (C=O) groups excluding carboxylic acids is 2. The number of para-hydroxylation sites is 1. The number of nitrogens with one attached hydrogen (secondary N) is 1. The summed E-state index contributed by atoms with van der Waals surface area (Å²) in [4.78, 5) is 27.3. The third-order valence-corrected chi connectivity index (χ3v) is 6.09. The van der Waals surface area contributed by atoms with E-state index in [0.717, 1.165) is 30.8 Å². The fourth-order valence-electron chi connectivity index (χ4n) is 4.69. The van der Waals surface area contributed by atoms with Crippen LogP contribution in [0.2, 0.25) is 0 Å². The van der Waals surface area contributed by atoms with Crippen molar-refractivity contribution in [2.24, 2.45) is 11.8 Å². The maximum atomic E-state index is 13.2. The molecule has 30 heavy (non-hydrogen) atoms. The van der Waals surface area contributed by atoms with Gasteiger partial charge in [-0.25, -0.2) is 9.48 Å². The van der Waals surface area contributed by atoms with Crippen LogP contribution in [0.25, 0.3) is 5.69 Å². The first-order chi connectivity index (χ1) is 14.2. The maximum absolute atomic E-state index is 13.2. The standard InChI is InChI=1S/C23H30N4O3/c1-15-18(12-24-27(15)17-8-6-5-7-9-17)21(28)26-13-16-10-11-20(19(16)14-26)25-22(29)30-23(2,3)4/h5-9,12,16,19-20H,10-11,13-14H2,1-4H3,(H,25,29)/t16-,19-,20+/m0/s1. The van der Waals surface area contributed by atoms with Crippen LogP contribution in [0, 0.1) is 18.8 Å². The first kappa shape index (κ1) is 20.4. The molecule has 1 saturated heterocycles. The fraction of sp³-hybridized carbons (Fsp3) is 0.522. The van der Waals surface area contributed by atoms with Crippen molar-refractivity contribution >= 4 is 12.0 Å². The molecule has 1 aliphatic carbocycles. The van der Waals surface area contributed by atoms with Gasteiger partial charge in [-0.3, -0.25) is 4.79 Å². The summed E-state index contributed by atoms with van der Waals surface area (Å²) in [6, 6.07) is 9.87. The molecule has 1 aromatic carbocycles. The molecule has 2 heterocycles. The molecule has 1 saturated carbocycles. The Bertz CT molecular complexity index is 932. The van der Waals surface area contributed by atoms with E-state index in [9.17, 15) is 9.59 Å². The number of benzene rings is 1. The molecule has 7 nitrogen and oxygen atoms in total. The minimum atomic E-state index is -0.518. The minimum absolute atomic E-state index is 0.0140. The van der Waals surface area contributed by atoms with E-state index >= 15 is 0 Å². The Morgan fingerprint density at radius 1 is 1.13 bits per heavy atom. The Morgan fingerprint density at radius 3 is 2.57 bits per heavy atom. The number of aromatic nitrogens is 2. The van der Waals surface area contributed by atoms with Gasteiger partial charge in [-0.1, -0.05) is 18.2 Å². The Hall–Kier alpha value is -2.83. The zero-order valence-corrected chi connectivity index (χ0v) is 18.1. The van der Waals surface area contributed by atoms with Gasteiger partial charge in [0, 0.05) is 25.0 Å². The van der Waals surface area contributed by atoms with Crippen molar-refractivity contribution in [3.8, 4) is 5.69 Å². The Balaban J connectivity index is 1.43. The highest BCUT2D eigenvalue weighted by molar-refractivity contribution is 5.95. The smallest absolute Gasteiger partial charge is 0.407 e. The summed E-state index contributed by atoms with van der Waals surface area (Å²) < 4.78 is 7.21. The van der Waals surface area contributed by atoms with Crippen molar-refractivity contribution in [1.29, 1.82) is 0 Å². The van der Waals surface area contributed by atoms with Gasteiger partial charge in [-0.15, -0.1) is 0 Å². The summed E-state index contributed by atoms with van der Waals surface area (Å²) in [6.07, 6.45) is 3.23. The number of fused-ring (bicyclic) bond motifs is 1. The van der Waals surface area contributed by atoms with Crippen LogP contribution < -0.4 is 5.32 Å². The normalized spacial score (nSPS) is 23.3. The van der Waals surface area contributed by atoms with E-state index in [1.165, 1.54) is 0 Å². The van der Waals surface area contributed by atoms with Gasteiger partial charge in [0.1, 0.15) is 5.60 Å². The van der Waals surface area contributed by atoms with Gasteiger partial charge in [0.25, 0.3) is 5.91 Å². The van der Waals surface area contributed by atoms with E-state index in [-0.39, 0.29) is 24.0 Å². The molecule has 0 radical (unpaired) electrons. The number of amides is 2. The number of nitrogens with zero attached hydrogens (tertiary/aromatic N) is 3. The zero-order valence-electron chi connectivity index (χ0n) is 18.1. The summed E-state index contributed by atoms with van der Waals surface area (Å²) >= 11 is 0. The van der Waals surface area contributed by atoms with Crippen LogP contribution in [0.3, 0.4) is 0 Å². The molecule has 160 valence electrons. The SMILES string of the molecule is Cc1c(C(=O)N2C[C@@H]3CC[C@@H](NC(=O)OC(C)(C)C)[C@H]3C2)cnn1-c1ccccc1. The van der Waals surface area contributed by atoms with E-state index in [1.54, 1.807) is 10.9 Å². The molecule has 2 amide bonds. The Morgan fingerprint density at radius 2 is 1.87 bits per heavy atom. The average molecular weight is 411 g/mol. The number of ether oxygens (including phenoxy) is 1. The molecule has 1 aliphatic heterocycles. The van der Waals surface area contributed by atoms with Crippen molar-refractivity contribution in [3.63, 3.8) is 0 Å². The van der Waals surface area contributed by atoms with E-state index < -0.39 is 5.60 Å². The molecule has 1 aromatic heterocycles. The second kappa shape index (κ2) is 7.78. The second-order valence-corrected chi connectivity index (χ2v) is 9.36. The highest BCUT2D eigenvalue weighted by Crippen LogP contribution is 2.39. The maximum Gasteiger partial charge on any atom is 0.407 e. The predicted octanol–water partition coefficient (Wildman–Crippen LogP) is 3.56. The van der Waals surface area contributed by atoms with Gasteiger partial charge >= 0.3 is 6.09 Å². The highest BCUT2D eigenvalue weighted by Gasteiger charge is 2.45. The van der Waals surface area contributed by atoms with E-state index in [2.05, 4.69) is 10.4 Å². The lowest BCUT2D eigenvalue weighted by molar-refractivity contribution is 0.0491. The minimum Gasteiger partial charge on any atom is -0.444 e. The second-order valence-electron chi connectivity index (χ2n) is 9.36. The van der Waals surface area contributed by atoms with Crippen LogP contribution >= 0.6 is 0 Å². The molecular formula is C23H30N4O3. The van der Waals surface area contributed by atoms with Gasteiger partial charge in [0.2, 0.25) is 0 Å². The van der Waals surface area contributed by atoms with E-state index in [0.29, 0.717) is 18.0 Å². The topological polar surface area (TPSA) is 76.5 Å². The van der Waals surface area contributed by atoms with Crippen molar-refractivity contribution in [2.75, 3.05) is 13.1 Å². The molecule has 4 rings (SSSR count). The number of hydrogen-bond acceptors (Lipinski definition) is 4. The van der Waals surface area contributed by atoms with Gasteiger partial charge in [0.15, 0.2) is 0 Å². The first-order valence-corrected chi connectivity index (χ1v) is 10.6. The molecule has 2 aromatic rings. The number of alkyl carbamates (subject to hydrolysis) is 1. The van der Waals surface area contributed by atoms with Crippen LogP contribution in [0.1, 0.15) is 49.7 Å². The lowest BCUT2D eigenvalue weighted by Gasteiger charge is -2.25. The number of hydrogen-bond donors (Lipinski definition) is 1. The molecule has 3 atom stereocenters. The predicted molar refractivity (Wildman–Crippen MR) is 114 cm³/mol. The largest absolute Gasteiger partial charge is 0.444 e. The molecule has 2 fully saturated rings. The third kappa shape index (κ3) is 4.06. The molecule has 0 unspecified atom stereocenters. The van der Waals surface area contributed by atoms with E-state index in [1.807, 2.05) is 62.9 Å². The van der Waals surface area contributed by atoms with Gasteiger partial charge < -0.3 is 15.0 Å². The summed E-state index contributed by atoms with van der Waals surface area (Å²) in [5, 5.41) is 7.46. The lowest BCUT2D eigenvalue weighted by atomic mass is 9.98. The monoisotopic (exact) mass is 410 g/mol. The zero-order chi connectivity index (χ0) is 21.5. The van der Waals surface area contributed by atoms with Crippen LogP contribution in [0.5, 0.6) is 0 Å². The van der Waals surface area contributed by atoms with E-state index in [4.69, 9.17) is 4.74 Å². The molecule has 2 aliphatic rings. The van der Waals surface area contributed by atoms with Gasteiger partial charge in [0.05, 0.1) is 23.1 Å². The molecule has 7 heteroatoms. The molecule has 0 bridgehead atoms. The highest BCUT2D eigenvalue weighted by atomic mass is 16.6. The van der Waals surface area contributed by atoms with Crippen LogP contribution in [-0.2, 0) is 4.74 Å².